The number of hydrogen-bond donors (Lipinski definition) is 2. The van der Waals surface area contributed by atoms with Crippen LogP contribution in [0.5, 0.6) is 5.75 Å². The number of phenolic OH excluding ortho intramolecular Hbond substituents is 1. The molecule has 41 heavy (non-hydrogen) atoms. The van der Waals surface area contributed by atoms with Gasteiger partial charge in [0.25, 0.3) is 5.91 Å². The molecule has 0 saturated carbocycles. The van der Waals surface area contributed by atoms with Crippen molar-refractivity contribution in [1.29, 1.82) is 0 Å². The highest BCUT2D eigenvalue weighted by molar-refractivity contribution is 7.98. The molecular weight excluding hydrogens is 552 g/mol. The Morgan fingerprint density at radius 1 is 0.927 bits per heavy atom. The SMILES string of the molecule is Cc1cccc(CSc2nnc(C(CCNC(=O)c3ccccc3O)Cc3ccccc3)n2-c2cccc(Cl)c2)c1. The van der Waals surface area contributed by atoms with Gasteiger partial charge in [-0.3, -0.25) is 9.36 Å². The molecule has 6 nitrogen and oxygen atoms in total. The second kappa shape index (κ2) is 13.5. The zero-order chi connectivity index (χ0) is 28.6. The molecule has 0 fully saturated rings. The number of amides is 1. The number of nitrogens with zero attached hydrogens (tertiary/aromatic N) is 3. The van der Waals surface area contributed by atoms with Gasteiger partial charge < -0.3 is 10.4 Å². The average molecular weight is 583 g/mol. The van der Waals surface area contributed by atoms with E-state index in [0.717, 1.165) is 22.4 Å². The second-order valence-electron chi connectivity index (χ2n) is 9.88. The van der Waals surface area contributed by atoms with Crippen molar-refractivity contribution in [3.8, 4) is 11.4 Å². The number of carbonyl (C=O) groups excluding carboxylic acids is 1. The molecule has 0 saturated heterocycles. The molecule has 0 bridgehead atoms. The minimum absolute atomic E-state index is 0.0400. The number of aromatic hydroxyl groups is 1. The molecule has 0 spiro atoms. The predicted octanol–water partition coefficient (Wildman–Crippen LogP) is 7.37. The maximum absolute atomic E-state index is 12.8. The van der Waals surface area contributed by atoms with Crippen LogP contribution < -0.4 is 5.32 Å². The van der Waals surface area contributed by atoms with E-state index in [4.69, 9.17) is 16.7 Å². The lowest BCUT2D eigenvalue weighted by Crippen LogP contribution is -2.26. The molecule has 0 aliphatic carbocycles. The topological polar surface area (TPSA) is 80.0 Å². The maximum Gasteiger partial charge on any atom is 0.255 e. The lowest BCUT2D eigenvalue weighted by atomic mass is 9.95. The van der Waals surface area contributed by atoms with Gasteiger partial charge in [0.15, 0.2) is 5.16 Å². The summed E-state index contributed by atoms with van der Waals surface area (Å²) in [7, 11) is 0. The van der Waals surface area contributed by atoms with E-state index in [0.29, 0.717) is 24.4 Å². The highest BCUT2D eigenvalue weighted by atomic mass is 35.5. The van der Waals surface area contributed by atoms with Crippen LogP contribution in [0.15, 0.2) is 108 Å². The molecule has 8 heteroatoms. The Morgan fingerprint density at radius 3 is 2.46 bits per heavy atom. The van der Waals surface area contributed by atoms with E-state index >= 15 is 0 Å². The van der Waals surface area contributed by atoms with Crippen molar-refractivity contribution in [2.75, 3.05) is 6.54 Å². The van der Waals surface area contributed by atoms with Crippen LogP contribution >= 0.6 is 23.4 Å². The Bertz CT molecular complexity index is 1620. The third kappa shape index (κ3) is 7.37. The van der Waals surface area contributed by atoms with Crippen molar-refractivity contribution in [1.82, 2.24) is 20.1 Å². The number of benzene rings is 4. The number of thioether (sulfide) groups is 1. The molecule has 1 unspecified atom stereocenters. The zero-order valence-electron chi connectivity index (χ0n) is 22.7. The van der Waals surface area contributed by atoms with Crippen LogP contribution in [0, 0.1) is 6.92 Å². The highest BCUT2D eigenvalue weighted by Crippen LogP contribution is 2.32. The second-order valence-corrected chi connectivity index (χ2v) is 11.3. The first-order valence-electron chi connectivity index (χ1n) is 13.5. The molecule has 5 rings (SSSR count). The summed E-state index contributed by atoms with van der Waals surface area (Å²) in [5.41, 5.74) is 4.74. The largest absolute Gasteiger partial charge is 0.507 e. The van der Waals surface area contributed by atoms with Gasteiger partial charge in [0.05, 0.1) is 11.3 Å². The van der Waals surface area contributed by atoms with Crippen LogP contribution in [-0.4, -0.2) is 32.3 Å². The number of nitrogens with one attached hydrogen (secondary N) is 1. The van der Waals surface area contributed by atoms with Crippen molar-refractivity contribution < 1.29 is 9.90 Å². The fraction of sp³-hybridized carbons (Fsp3) is 0.182. The molecule has 0 aliphatic heterocycles. The Morgan fingerprint density at radius 2 is 1.68 bits per heavy atom. The maximum atomic E-state index is 12.8. The van der Waals surface area contributed by atoms with Crippen molar-refractivity contribution in [2.45, 2.75) is 36.6 Å². The fourth-order valence-corrected chi connectivity index (χ4v) is 5.88. The monoisotopic (exact) mass is 582 g/mol. The standard InChI is InChI=1S/C33H31ClN4O2S/c1-23-9-7-12-25(19-23)22-41-33-37-36-31(38(33)28-14-8-13-27(34)21-28)26(20-24-10-3-2-4-11-24)17-18-35-32(40)29-15-5-6-16-30(29)39/h2-16,19,21,26,39H,17-18,20,22H2,1H3,(H,35,40). The summed E-state index contributed by atoms with van der Waals surface area (Å²) < 4.78 is 2.09. The zero-order valence-corrected chi connectivity index (χ0v) is 24.3. The molecule has 0 aliphatic rings. The Balaban J connectivity index is 1.45. The normalized spacial score (nSPS) is 11.8. The Kier molecular flexibility index (Phi) is 9.39. The minimum Gasteiger partial charge on any atom is -0.507 e. The lowest BCUT2D eigenvalue weighted by molar-refractivity contribution is 0.0949. The van der Waals surface area contributed by atoms with Crippen molar-refractivity contribution >= 4 is 29.3 Å². The quantitative estimate of drug-likeness (QED) is 0.159. The highest BCUT2D eigenvalue weighted by Gasteiger charge is 2.24. The van der Waals surface area contributed by atoms with E-state index in [1.165, 1.54) is 22.8 Å². The average Bonchev–Trinajstić information content (AvgIpc) is 3.40. The van der Waals surface area contributed by atoms with Gasteiger partial charge in [-0.25, -0.2) is 0 Å². The first kappa shape index (κ1) is 28.5. The van der Waals surface area contributed by atoms with Gasteiger partial charge in [-0.15, -0.1) is 10.2 Å². The number of halogens is 1. The summed E-state index contributed by atoms with van der Waals surface area (Å²) in [6, 6.07) is 33.0. The predicted molar refractivity (Wildman–Crippen MR) is 165 cm³/mol. The van der Waals surface area contributed by atoms with E-state index in [2.05, 4.69) is 58.3 Å². The van der Waals surface area contributed by atoms with Crippen molar-refractivity contribution in [2.24, 2.45) is 0 Å². The molecule has 1 amide bonds. The molecule has 0 radical (unpaired) electrons. The summed E-state index contributed by atoms with van der Waals surface area (Å²) in [5.74, 6) is 1.15. The van der Waals surface area contributed by atoms with Gasteiger partial charge in [0, 0.05) is 23.2 Å². The number of aromatic nitrogens is 3. The first-order valence-corrected chi connectivity index (χ1v) is 14.8. The minimum atomic E-state index is -0.313. The van der Waals surface area contributed by atoms with E-state index < -0.39 is 0 Å². The number of hydrogen-bond acceptors (Lipinski definition) is 5. The Hall–Kier alpha value is -4.07. The fourth-order valence-electron chi connectivity index (χ4n) is 4.79. The van der Waals surface area contributed by atoms with Gasteiger partial charge >= 0.3 is 0 Å². The van der Waals surface area contributed by atoms with Crippen molar-refractivity contribution in [3.63, 3.8) is 0 Å². The molecular formula is C33H31ClN4O2S. The third-order valence-corrected chi connectivity index (χ3v) is 8.03. The lowest BCUT2D eigenvalue weighted by Gasteiger charge is -2.19. The first-order chi connectivity index (χ1) is 20.0. The number of aryl methyl sites for hydroxylation is 1. The van der Waals surface area contributed by atoms with Crippen LogP contribution in [0.4, 0.5) is 0 Å². The molecule has 2 N–H and O–H groups in total. The van der Waals surface area contributed by atoms with E-state index in [1.807, 2.05) is 42.5 Å². The van der Waals surface area contributed by atoms with Gasteiger partial charge in [-0.1, -0.05) is 102 Å². The van der Waals surface area contributed by atoms with Crippen LogP contribution in [0.25, 0.3) is 5.69 Å². The number of rotatable bonds is 11. The van der Waals surface area contributed by atoms with Crippen LogP contribution in [0.1, 0.15) is 45.2 Å². The van der Waals surface area contributed by atoms with Crippen LogP contribution in [0.3, 0.4) is 0 Å². The molecule has 1 aromatic heterocycles. The van der Waals surface area contributed by atoms with Gasteiger partial charge in [-0.2, -0.15) is 0 Å². The number of para-hydroxylation sites is 1. The van der Waals surface area contributed by atoms with Crippen LogP contribution in [-0.2, 0) is 12.2 Å². The summed E-state index contributed by atoms with van der Waals surface area (Å²) >= 11 is 8.06. The molecule has 1 atom stereocenters. The van der Waals surface area contributed by atoms with Gasteiger partial charge in [0.2, 0.25) is 0 Å². The molecule has 1 heterocycles. The van der Waals surface area contributed by atoms with E-state index in [1.54, 1.807) is 30.0 Å². The summed E-state index contributed by atoms with van der Waals surface area (Å²) in [4.78, 5) is 12.8. The van der Waals surface area contributed by atoms with Crippen LogP contribution in [0.2, 0.25) is 5.02 Å². The molecule has 208 valence electrons. The molecule has 5 aromatic rings. The summed E-state index contributed by atoms with van der Waals surface area (Å²) in [6.45, 7) is 2.49. The van der Waals surface area contributed by atoms with Gasteiger partial charge in [-0.05, 0) is 61.2 Å². The van der Waals surface area contributed by atoms with E-state index in [-0.39, 0.29) is 23.1 Å². The number of phenols is 1. The number of carbonyl (C=O) groups is 1. The smallest absolute Gasteiger partial charge is 0.255 e. The van der Waals surface area contributed by atoms with Gasteiger partial charge in [0.1, 0.15) is 11.6 Å². The Labute approximate surface area is 249 Å². The van der Waals surface area contributed by atoms with Crippen molar-refractivity contribution in [3.05, 3.63) is 136 Å². The summed E-state index contributed by atoms with van der Waals surface area (Å²) in [6.07, 6.45) is 1.34. The van der Waals surface area contributed by atoms with E-state index in [9.17, 15) is 9.90 Å². The molecule has 4 aromatic carbocycles. The summed E-state index contributed by atoms with van der Waals surface area (Å²) in [5, 5.41) is 23.8. The third-order valence-electron chi connectivity index (χ3n) is 6.79.